The summed E-state index contributed by atoms with van der Waals surface area (Å²) in [5.74, 6) is 1.27. The number of nitrogens with zero attached hydrogens (tertiary/aromatic N) is 3. The number of hydrogen-bond donors (Lipinski definition) is 2. The fourth-order valence-corrected chi connectivity index (χ4v) is 2.36. The van der Waals surface area contributed by atoms with Gasteiger partial charge in [0.1, 0.15) is 11.4 Å². The van der Waals surface area contributed by atoms with Crippen LogP contribution in [0.4, 0.5) is 5.82 Å². The lowest BCUT2D eigenvalue weighted by molar-refractivity contribution is 0.412. The van der Waals surface area contributed by atoms with E-state index in [1.165, 1.54) is 0 Å². The Labute approximate surface area is 122 Å². The van der Waals surface area contributed by atoms with E-state index in [-0.39, 0.29) is 0 Å². The molecule has 2 aromatic heterocycles. The summed E-state index contributed by atoms with van der Waals surface area (Å²) in [4.78, 5) is 0. The van der Waals surface area contributed by atoms with Crippen LogP contribution in [0.1, 0.15) is 5.56 Å². The molecule has 1 aromatic carbocycles. The van der Waals surface area contributed by atoms with Gasteiger partial charge in [0.15, 0.2) is 5.82 Å². The Balaban J connectivity index is 2.17. The number of H-pyrrole nitrogens is 1. The molecule has 0 aliphatic rings. The molecule has 0 spiro atoms. The first-order valence-corrected chi connectivity index (χ1v) is 6.59. The number of hydrogen-bond acceptors (Lipinski definition) is 4. The van der Waals surface area contributed by atoms with Crippen LogP contribution in [0.3, 0.4) is 0 Å². The average molecular weight is 283 g/mol. The number of ether oxygens (including phenoxy) is 1. The van der Waals surface area contributed by atoms with Gasteiger partial charge in [-0.25, -0.2) is 0 Å². The van der Waals surface area contributed by atoms with Crippen molar-refractivity contribution in [1.82, 2.24) is 20.0 Å². The molecule has 108 valence electrons. The van der Waals surface area contributed by atoms with E-state index in [0.29, 0.717) is 5.82 Å². The van der Waals surface area contributed by atoms with Gasteiger partial charge >= 0.3 is 0 Å². The summed E-state index contributed by atoms with van der Waals surface area (Å²) in [6.07, 6.45) is 1.88. The normalized spacial score (nSPS) is 10.8. The van der Waals surface area contributed by atoms with Gasteiger partial charge in [-0.3, -0.25) is 9.78 Å². The SMILES string of the molecule is COc1cc(-c2c(N)n[nH]c2-c2ccn(C)n2)ccc1C. The fourth-order valence-electron chi connectivity index (χ4n) is 2.36. The van der Waals surface area contributed by atoms with Crippen molar-refractivity contribution in [3.63, 3.8) is 0 Å². The second kappa shape index (κ2) is 4.97. The summed E-state index contributed by atoms with van der Waals surface area (Å²) >= 11 is 0. The molecular weight excluding hydrogens is 266 g/mol. The molecule has 3 rings (SSSR count). The second-order valence-corrected chi connectivity index (χ2v) is 4.92. The lowest BCUT2D eigenvalue weighted by Crippen LogP contribution is -1.93. The number of anilines is 1. The molecule has 0 saturated carbocycles. The molecule has 0 atom stereocenters. The predicted octanol–water partition coefficient (Wildman–Crippen LogP) is 2.38. The number of methoxy groups -OCH3 is 1. The first-order chi connectivity index (χ1) is 10.1. The molecule has 6 nitrogen and oxygen atoms in total. The van der Waals surface area contributed by atoms with Crippen LogP contribution in [0.25, 0.3) is 22.5 Å². The molecule has 21 heavy (non-hydrogen) atoms. The van der Waals surface area contributed by atoms with Gasteiger partial charge in [0.05, 0.1) is 18.4 Å². The van der Waals surface area contributed by atoms with Crippen LogP contribution in [-0.2, 0) is 7.05 Å². The minimum Gasteiger partial charge on any atom is -0.496 e. The summed E-state index contributed by atoms with van der Waals surface area (Å²) in [5, 5.41) is 11.5. The monoisotopic (exact) mass is 283 g/mol. The maximum Gasteiger partial charge on any atom is 0.153 e. The van der Waals surface area contributed by atoms with Gasteiger partial charge in [-0.15, -0.1) is 0 Å². The van der Waals surface area contributed by atoms with Crippen LogP contribution in [0.5, 0.6) is 5.75 Å². The number of rotatable bonds is 3. The molecule has 0 fully saturated rings. The highest BCUT2D eigenvalue weighted by Gasteiger charge is 2.17. The first-order valence-electron chi connectivity index (χ1n) is 6.59. The van der Waals surface area contributed by atoms with Crippen LogP contribution < -0.4 is 10.5 Å². The standard InChI is InChI=1S/C15H17N5O/c1-9-4-5-10(8-12(9)21-3)13-14(17-18-15(13)16)11-6-7-20(2)19-11/h4-8H,1-3H3,(H3,16,17,18). The van der Waals surface area contributed by atoms with Crippen LogP contribution in [0.15, 0.2) is 30.5 Å². The smallest absolute Gasteiger partial charge is 0.153 e. The van der Waals surface area contributed by atoms with Crippen molar-refractivity contribution in [3.8, 4) is 28.3 Å². The van der Waals surface area contributed by atoms with Crippen LogP contribution >= 0.6 is 0 Å². The number of aromatic amines is 1. The third-order valence-electron chi connectivity index (χ3n) is 3.46. The molecule has 0 bridgehead atoms. The lowest BCUT2D eigenvalue weighted by atomic mass is 10.0. The minimum atomic E-state index is 0.446. The molecule has 0 aliphatic carbocycles. The van der Waals surface area contributed by atoms with Crippen molar-refractivity contribution < 1.29 is 4.74 Å². The predicted molar refractivity (Wildman–Crippen MR) is 81.9 cm³/mol. The molecule has 3 aromatic rings. The highest BCUT2D eigenvalue weighted by atomic mass is 16.5. The van der Waals surface area contributed by atoms with E-state index in [2.05, 4.69) is 15.3 Å². The molecule has 0 unspecified atom stereocenters. The quantitative estimate of drug-likeness (QED) is 0.773. The van der Waals surface area contributed by atoms with Gasteiger partial charge in [0.25, 0.3) is 0 Å². The molecule has 0 amide bonds. The van der Waals surface area contributed by atoms with Crippen molar-refractivity contribution in [1.29, 1.82) is 0 Å². The van der Waals surface area contributed by atoms with Crippen molar-refractivity contribution in [3.05, 3.63) is 36.0 Å². The van der Waals surface area contributed by atoms with Crippen molar-refractivity contribution in [2.75, 3.05) is 12.8 Å². The highest BCUT2D eigenvalue weighted by Crippen LogP contribution is 2.36. The Morgan fingerprint density at radius 1 is 1.29 bits per heavy atom. The Bertz CT molecular complexity index is 787. The van der Waals surface area contributed by atoms with E-state index in [9.17, 15) is 0 Å². The number of nitrogens with one attached hydrogen (secondary N) is 1. The summed E-state index contributed by atoms with van der Waals surface area (Å²) < 4.78 is 7.12. The van der Waals surface area contributed by atoms with Crippen LogP contribution in [-0.4, -0.2) is 27.1 Å². The van der Waals surface area contributed by atoms with Crippen LogP contribution in [0.2, 0.25) is 0 Å². The van der Waals surface area contributed by atoms with Crippen molar-refractivity contribution >= 4 is 5.82 Å². The van der Waals surface area contributed by atoms with Crippen molar-refractivity contribution in [2.45, 2.75) is 6.92 Å². The highest BCUT2D eigenvalue weighted by molar-refractivity contribution is 5.87. The van der Waals surface area contributed by atoms with E-state index in [4.69, 9.17) is 10.5 Å². The van der Waals surface area contributed by atoms with E-state index in [1.807, 2.05) is 44.4 Å². The molecule has 6 heteroatoms. The van der Waals surface area contributed by atoms with Crippen molar-refractivity contribution in [2.24, 2.45) is 7.05 Å². The van der Waals surface area contributed by atoms with E-state index in [1.54, 1.807) is 11.8 Å². The van der Waals surface area contributed by atoms with Gasteiger partial charge < -0.3 is 10.5 Å². The third kappa shape index (κ3) is 2.24. The maximum absolute atomic E-state index is 6.03. The fraction of sp³-hybridized carbons (Fsp3) is 0.200. The summed E-state index contributed by atoms with van der Waals surface area (Å²) in [6, 6.07) is 7.89. The van der Waals surface area contributed by atoms with E-state index >= 15 is 0 Å². The molecule has 0 aliphatic heterocycles. The minimum absolute atomic E-state index is 0.446. The summed E-state index contributed by atoms with van der Waals surface area (Å²) in [6.45, 7) is 2.00. The van der Waals surface area contributed by atoms with E-state index < -0.39 is 0 Å². The first kappa shape index (κ1) is 13.2. The summed E-state index contributed by atoms with van der Waals surface area (Å²) in [7, 11) is 3.53. The van der Waals surface area contributed by atoms with Gasteiger partial charge in [-0.05, 0) is 30.2 Å². The van der Waals surface area contributed by atoms with Gasteiger partial charge in [-0.1, -0.05) is 12.1 Å². The molecule has 2 heterocycles. The number of aromatic nitrogens is 4. The third-order valence-corrected chi connectivity index (χ3v) is 3.46. The lowest BCUT2D eigenvalue weighted by Gasteiger charge is -2.08. The Morgan fingerprint density at radius 2 is 2.10 bits per heavy atom. The largest absolute Gasteiger partial charge is 0.496 e. The van der Waals surface area contributed by atoms with Gasteiger partial charge in [-0.2, -0.15) is 10.2 Å². The molecule has 3 N–H and O–H groups in total. The number of nitrogen functional groups attached to an aromatic ring is 1. The molecule has 0 radical (unpaired) electrons. The Hall–Kier alpha value is -2.76. The molecule has 0 saturated heterocycles. The Kier molecular flexibility index (Phi) is 3.13. The number of nitrogens with two attached hydrogens (primary N) is 1. The number of benzene rings is 1. The molecular formula is C15H17N5O. The van der Waals surface area contributed by atoms with Gasteiger partial charge in [0.2, 0.25) is 0 Å². The zero-order valence-corrected chi connectivity index (χ0v) is 12.2. The zero-order valence-electron chi connectivity index (χ0n) is 12.2. The maximum atomic E-state index is 6.03. The van der Waals surface area contributed by atoms with E-state index in [0.717, 1.165) is 33.8 Å². The second-order valence-electron chi connectivity index (χ2n) is 4.92. The zero-order chi connectivity index (χ0) is 15.0. The van der Waals surface area contributed by atoms with Gasteiger partial charge in [0, 0.05) is 13.2 Å². The topological polar surface area (TPSA) is 81.8 Å². The Morgan fingerprint density at radius 3 is 2.76 bits per heavy atom. The summed E-state index contributed by atoms with van der Waals surface area (Å²) in [5.41, 5.74) is 10.5. The average Bonchev–Trinajstić information content (AvgIpc) is 3.05. The van der Waals surface area contributed by atoms with Crippen LogP contribution in [0, 0.1) is 6.92 Å². The number of aryl methyl sites for hydroxylation is 2.